The van der Waals surface area contributed by atoms with Gasteiger partial charge in [-0.25, -0.2) is 0 Å². The summed E-state index contributed by atoms with van der Waals surface area (Å²) in [5.74, 6) is -1.40. The molecule has 3 N–H and O–H groups in total. The van der Waals surface area contributed by atoms with Crippen LogP contribution in [0.1, 0.15) is 52.9 Å². The van der Waals surface area contributed by atoms with Crippen molar-refractivity contribution < 1.29 is 24.3 Å². The summed E-state index contributed by atoms with van der Waals surface area (Å²) in [6, 6.07) is 0. The van der Waals surface area contributed by atoms with Crippen LogP contribution in [0.25, 0.3) is 0 Å². The van der Waals surface area contributed by atoms with Crippen LogP contribution in [0.15, 0.2) is 0 Å². The molecule has 1 unspecified atom stereocenters. The Morgan fingerprint density at radius 2 is 1.61 bits per heavy atom. The molecule has 0 aliphatic carbocycles. The molecule has 0 aliphatic rings. The smallest absolute Gasteiger partial charge is 0.325 e. The highest BCUT2D eigenvalue weighted by molar-refractivity contribution is 7.51. The van der Waals surface area contributed by atoms with E-state index in [4.69, 9.17) is 9.79 Å². The first kappa shape index (κ1) is 17.6. The van der Waals surface area contributed by atoms with E-state index in [1.807, 2.05) is 13.8 Å². The molecule has 6 heteroatoms. The van der Waals surface area contributed by atoms with Crippen LogP contribution >= 0.6 is 7.60 Å². The number of carboxylic acid groups (broad SMARTS) is 1. The number of hydrogen-bond donors (Lipinski definition) is 3. The second kappa shape index (κ2) is 7.27. The summed E-state index contributed by atoms with van der Waals surface area (Å²) in [5.41, 5.74) is -1.00. The summed E-state index contributed by atoms with van der Waals surface area (Å²) < 4.78 is 11.2. The van der Waals surface area contributed by atoms with Crippen LogP contribution in [0.3, 0.4) is 0 Å². The molecule has 18 heavy (non-hydrogen) atoms. The lowest BCUT2D eigenvalue weighted by Gasteiger charge is -2.37. The SMILES string of the molecule is CCCC(CCC)(C(=O)O)C(CC)CP(=O)(O)O. The zero-order valence-corrected chi connectivity index (χ0v) is 12.3. The van der Waals surface area contributed by atoms with E-state index in [9.17, 15) is 14.5 Å². The lowest BCUT2D eigenvalue weighted by molar-refractivity contribution is -0.153. The fraction of sp³-hybridized carbons (Fsp3) is 0.917. The van der Waals surface area contributed by atoms with Crippen molar-refractivity contribution in [2.45, 2.75) is 52.9 Å². The third-order valence-corrected chi connectivity index (χ3v) is 4.47. The van der Waals surface area contributed by atoms with E-state index in [1.165, 1.54) is 0 Å². The molecule has 0 rings (SSSR count). The van der Waals surface area contributed by atoms with Gasteiger partial charge in [0.15, 0.2) is 0 Å². The first-order valence-corrected chi connectivity index (χ1v) is 8.31. The molecular weight excluding hydrogens is 255 g/mol. The highest BCUT2D eigenvalue weighted by Crippen LogP contribution is 2.48. The second-order valence-electron chi connectivity index (χ2n) is 4.91. The molecule has 0 bridgehead atoms. The predicted molar refractivity (Wildman–Crippen MR) is 70.6 cm³/mol. The predicted octanol–water partition coefficient (Wildman–Crippen LogP) is 2.86. The fourth-order valence-electron chi connectivity index (χ4n) is 2.80. The van der Waals surface area contributed by atoms with Crippen molar-refractivity contribution in [2.75, 3.05) is 6.16 Å². The van der Waals surface area contributed by atoms with E-state index in [2.05, 4.69) is 0 Å². The fourth-order valence-corrected chi connectivity index (χ4v) is 3.98. The monoisotopic (exact) mass is 280 g/mol. The van der Waals surface area contributed by atoms with Gasteiger partial charge in [0.1, 0.15) is 0 Å². The summed E-state index contributed by atoms with van der Waals surface area (Å²) in [6.45, 7) is 5.60. The molecule has 0 aromatic heterocycles. The number of aliphatic carboxylic acids is 1. The van der Waals surface area contributed by atoms with E-state index in [0.29, 0.717) is 32.1 Å². The average molecular weight is 280 g/mol. The van der Waals surface area contributed by atoms with Crippen molar-refractivity contribution in [3.05, 3.63) is 0 Å². The first-order chi connectivity index (χ1) is 8.23. The maximum atomic E-state index is 11.6. The van der Waals surface area contributed by atoms with E-state index in [0.717, 1.165) is 0 Å². The average Bonchev–Trinajstić information content (AvgIpc) is 2.24. The second-order valence-corrected chi connectivity index (χ2v) is 6.61. The zero-order valence-electron chi connectivity index (χ0n) is 11.4. The Kier molecular flexibility index (Phi) is 7.11. The van der Waals surface area contributed by atoms with Crippen LogP contribution < -0.4 is 0 Å². The molecule has 0 spiro atoms. The molecule has 5 nitrogen and oxygen atoms in total. The molecule has 1 atom stereocenters. The van der Waals surface area contributed by atoms with E-state index in [1.54, 1.807) is 6.92 Å². The van der Waals surface area contributed by atoms with Crippen LogP contribution in [0.4, 0.5) is 0 Å². The molecule has 0 radical (unpaired) electrons. The summed E-state index contributed by atoms with van der Waals surface area (Å²) in [7, 11) is -4.19. The van der Waals surface area contributed by atoms with Crippen molar-refractivity contribution in [2.24, 2.45) is 11.3 Å². The van der Waals surface area contributed by atoms with Gasteiger partial charge in [0, 0.05) is 0 Å². The molecule has 0 aliphatic heterocycles. The standard InChI is InChI=1S/C12H25O5P/c1-4-7-12(8-5-2,11(13)14)10(6-3)9-18(15,16)17/h10H,4-9H2,1-3H3,(H,13,14)(H2,15,16,17). The van der Waals surface area contributed by atoms with Gasteiger partial charge in [0.25, 0.3) is 0 Å². The van der Waals surface area contributed by atoms with Crippen molar-refractivity contribution in [1.29, 1.82) is 0 Å². The molecule has 0 aromatic carbocycles. The van der Waals surface area contributed by atoms with Crippen LogP contribution in [-0.2, 0) is 9.36 Å². The molecule has 0 fully saturated rings. The van der Waals surface area contributed by atoms with Gasteiger partial charge in [0.05, 0.1) is 11.6 Å². The molecule has 108 valence electrons. The third-order valence-electron chi connectivity index (χ3n) is 3.55. The summed E-state index contributed by atoms with van der Waals surface area (Å²) in [6.07, 6.45) is 2.46. The van der Waals surface area contributed by atoms with Crippen molar-refractivity contribution in [3.63, 3.8) is 0 Å². The topological polar surface area (TPSA) is 94.8 Å². The van der Waals surface area contributed by atoms with Crippen LogP contribution in [-0.4, -0.2) is 27.0 Å². The van der Waals surface area contributed by atoms with Crippen LogP contribution in [0.2, 0.25) is 0 Å². The molecule has 0 amide bonds. The Morgan fingerprint density at radius 3 is 1.83 bits per heavy atom. The number of hydrogen-bond acceptors (Lipinski definition) is 2. The first-order valence-electron chi connectivity index (χ1n) is 6.51. The van der Waals surface area contributed by atoms with Gasteiger partial charge in [0.2, 0.25) is 0 Å². The minimum Gasteiger partial charge on any atom is -0.481 e. The minimum absolute atomic E-state index is 0.337. The quantitative estimate of drug-likeness (QED) is 0.564. The summed E-state index contributed by atoms with van der Waals surface area (Å²) in [5, 5.41) is 9.53. The number of rotatable bonds is 9. The van der Waals surface area contributed by atoms with Gasteiger partial charge in [-0.3, -0.25) is 9.36 Å². The highest BCUT2D eigenvalue weighted by atomic mass is 31.2. The highest BCUT2D eigenvalue weighted by Gasteiger charge is 2.45. The Morgan fingerprint density at radius 1 is 1.17 bits per heavy atom. The Balaban J connectivity index is 5.34. The van der Waals surface area contributed by atoms with Gasteiger partial charge >= 0.3 is 13.6 Å². The maximum absolute atomic E-state index is 11.6. The van der Waals surface area contributed by atoms with E-state index in [-0.39, 0.29) is 6.16 Å². The van der Waals surface area contributed by atoms with Gasteiger partial charge in [-0.15, -0.1) is 0 Å². The van der Waals surface area contributed by atoms with Crippen molar-refractivity contribution in [3.8, 4) is 0 Å². The molecule has 0 heterocycles. The lowest BCUT2D eigenvalue weighted by atomic mass is 9.69. The van der Waals surface area contributed by atoms with Gasteiger partial charge in [-0.2, -0.15) is 0 Å². The molecular formula is C12H25O5P. The molecule has 0 saturated heterocycles. The van der Waals surface area contributed by atoms with Crippen molar-refractivity contribution in [1.82, 2.24) is 0 Å². The minimum atomic E-state index is -4.19. The number of carbonyl (C=O) groups is 1. The molecule has 0 saturated carbocycles. The van der Waals surface area contributed by atoms with E-state index < -0.39 is 24.9 Å². The van der Waals surface area contributed by atoms with E-state index >= 15 is 0 Å². The Hall–Kier alpha value is -0.380. The van der Waals surface area contributed by atoms with Gasteiger partial charge in [-0.1, -0.05) is 40.0 Å². The largest absolute Gasteiger partial charge is 0.481 e. The Bertz CT molecular complexity index is 304. The Labute approximate surface area is 109 Å². The molecule has 0 aromatic rings. The van der Waals surface area contributed by atoms with Gasteiger partial charge < -0.3 is 14.9 Å². The maximum Gasteiger partial charge on any atom is 0.325 e. The van der Waals surface area contributed by atoms with Crippen molar-refractivity contribution >= 4 is 13.6 Å². The zero-order chi connectivity index (χ0) is 14.4. The third kappa shape index (κ3) is 4.71. The number of carboxylic acids is 1. The normalized spacial score (nSPS) is 14.5. The summed E-state index contributed by atoms with van der Waals surface area (Å²) >= 11 is 0. The van der Waals surface area contributed by atoms with Crippen LogP contribution in [0, 0.1) is 11.3 Å². The summed E-state index contributed by atoms with van der Waals surface area (Å²) in [4.78, 5) is 29.9. The van der Waals surface area contributed by atoms with Gasteiger partial charge in [-0.05, 0) is 18.8 Å². The van der Waals surface area contributed by atoms with Crippen LogP contribution in [0.5, 0.6) is 0 Å². The lowest BCUT2D eigenvalue weighted by Crippen LogP contribution is -2.40.